The molecular formula is C15H26N2O6. The van der Waals surface area contributed by atoms with E-state index >= 15 is 0 Å². The predicted octanol–water partition coefficient (Wildman–Crippen LogP) is -1.54. The molecule has 0 bridgehead atoms. The van der Waals surface area contributed by atoms with Gasteiger partial charge in [0, 0.05) is 39.3 Å². The van der Waals surface area contributed by atoms with E-state index in [1.54, 1.807) is 0 Å². The van der Waals surface area contributed by atoms with E-state index in [0.717, 1.165) is 26.2 Å². The molecule has 23 heavy (non-hydrogen) atoms. The van der Waals surface area contributed by atoms with E-state index in [9.17, 15) is 19.8 Å². The Morgan fingerprint density at radius 1 is 0.826 bits per heavy atom. The van der Waals surface area contributed by atoms with Crippen molar-refractivity contribution in [1.82, 2.24) is 9.80 Å². The lowest BCUT2D eigenvalue weighted by Gasteiger charge is -2.28. The molecule has 0 aliphatic carbocycles. The minimum Gasteiger partial charge on any atom is -0.465 e. The molecule has 2 N–H and O–H groups in total. The molecule has 0 unspecified atom stereocenters. The van der Waals surface area contributed by atoms with Gasteiger partial charge < -0.3 is 29.5 Å². The summed E-state index contributed by atoms with van der Waals surface area (Å²) in [5.74, 6) is -0.757. The average molecular weight is 330 g/mol. The number of aliphatic hydroxyl groups excluding tert-OH is 2. The SMILES string of the molecule is O=C(CCN1CC1)OCC(CO)(CO)COC(=O)CCN1CC1. The molecule has 2 saturated heterocycles. The minimum absolute atomic E-state index is 0.168. The van der Waals surface area contributed by atoms with Gasteiger partial charge >= 0.3 is 11.9 Å². The van der Waals surface area contributed by atoms with E-state index in [1.807, 2.05) is 0 Å². The maximum absolute atomic E-state index is 11.7. The Labute approximate surface area is 135 Å². The molecule has 0 amide bonds. The van der Waals surface area contributed by atoms with Crippen molar-refractivity contribution >= 4 is 11.9 Å². The Hall–Kier alpha value is -1.22. The van der Waals surface area contributed by atoms with E-state index in [0.29, 0.717) is 13.1 Å². The number of esters is 2. The number of hydrogen-bond donors (Lipinski definition) is 2. The van der Waals surface area contributed by atoms with Crippen LogP contribution in [-0.2, 0) is 19.1 Å². The third-order valence-corrected chi connectivity index (χ3v) is 4.09. The first-order valence-electron chi connectivity index (χ1n) is 8.04. The average Bonchev–Trinajstić information content (AvgIpc) is 3.46. The molecule has 0 aromatic carbocycles. The van der Waals surface area contributed by atoms with Gasteiger partial charge in [0.05, 0.1) is 31.5 Å². The fourth-order valence-corrected chi connectivity index (χ4v) is 1.97. The second-order valence-corrected chi connectivity index (χ2v) is 6.32. The summed E-state index contributed by atoms with van der Waals surface area (Å²) in [6.07, 6.45) is 0.561. The molecule has 2 aliphatic heterocycles. The molecule has 0 aromatic heterocycles. The third-order valence-electron chi connectivity index (χ3n) is 4.09. The number of rotatable bonds is 12. The molecule has 2 aliphatic rings. The van der Waals surface area contributed by atoms with Crippen LogP contribution >= 0.6 is 0 Å². The van der Waals surface area contributed by atoms with Crippen molar-refractivity contribution in [2.75, 3.05) is 65.7 Å². The first-order chi connectivity index (χ1) is 11.1. The maximum atomic E-state index is 11.7. The largest absolute Gasteiger partial charge is 0.465 e. The molecule has 0 atom stereocenters. The first-order valence-corrected chi connectivity index (χ1v) is 8.04. The number of hydrogen-bond acceptors (Lipinski definition) is 8. The van der Waals surface area contributed by atoms with E-state index in [2.05, 4.69) is 9.80 Å². The van der Waals surface area contributed by atoms with E-state index < -0.39 is 18.6 Å². The molecule has 0 radical (unpaired) electrons. The van der Waals surface area contributed by atoms with Crippen LogP contribution in [0.25, 0.3) is 0 Å². The first kappa shape index (κ1) is 18.1. The number of aliphatic hydroxyl groups is 2. The van der Waals surface area contributed by atoms with Crippen LogP contribution in [0.1, 0.15) is 12.8 Å². The number of ether oxygens (including phenoxy) is 2. The van der Waals surface area contributed by atoms with Crippen molar-refractivity contribution in [3.05, 3.63) is 0 Å². The van der Waals surface area contributed by atoms with Gasteiger partial charge in [-0.05, 0) is 0 Å². The van der Waals surface area contributed by atoms with Crippen molar-refractivity contribution in [3.63, 3.8) is 0 Å². The van der Waals surface area contributed by atoms with Gasteiger partial charge in [-0.1, -0.05) is 0 Å². The van der Waals surface area contributed by atoms with Crippen LogP contribution in [0.3, 0.4) is 0 Å². The summed E-state index contributed by atoms with van der Waals surface area (Å²) >= 11 is 0. The van der Waals surface area contributed by atoms with Crippen molar-refractivity contribution in [3.8, 4) is 0 Å². The molecule has 0 saturated carbocycles. The molecular weight excluding hydrogens is 304 g/mol. The molecule has 0 spiro atoms. The topological polar surface area (TPSA) is 99.1 Å². The zero-order valence-corrected chi connectivity index (χ0v) is 13.4. The summed E-state index contributed by atoms with van der Waals surface area (Å²) in [7, 11) is 0. The highest BCUT2D eigenvalue weighted by Gasteiger charge is 2.33. The second-order valence-electron chi connectivity index (χ2n) is 6.32. The van der Waals surface area contributed by atoms with E-state index in [1.165, 1.54) is 0 Å². The fraction of sp³-hybridized carbons (Fsp3) is 0.867. The van der Waals surface area contributed by atoms with Crippen LogP contribution in [0.5, 0.6) is 0 Å². The summed E-state index contributed by atoms with van der Waals surface area (Å²) in [5.41, 5.74) is -1.15. The molecule has 2 fully saturated rings. The third kappa shape index (κ3) is 6.82. The van der Waals surface area contributed by atoms with Gasteiger partial charge in [-0.2, -0.15) is 0 Å². The highest BCUT2D eigenvalue weighted by atomic mass is 16.5. The van der Waals surface area contributed by atoms with Crippen molar-refractivity contribution < 1.29 is 29.3 Å². The van der Waals surface area contributed by atoms with Crippen LogP contribution in [0, 0.1) is 5.41 Å². The maximum Gasteiger partial charge on any atom is 0.307 e. The Bertz CT molecular complexity index is 371. The molecule has 0 aromatic rings. The smallest absolute Gasteiger partial charge is 0.307 e. The van der Waals surface area contributed by atoms with Gasteiger partial charge in [-0.15, -0.1) is 0 Å². The van der Waals surface area contributed by atoms with Crippen molar-refractivity contribution in [2.24, 2.45) is 5.41 Å². The Morgan fingerprint density at radius 2 is 1.22 bits per heavy atom. The molecule has 2 rings (SSSR count). The predicted molar refractivity (Wildman–Crippen MR) is 80.6 cm³/mol. The van der Waals surface area contributed by atoms with Crippen LogP contribution in [0.4, 0.5) is 0 Å². The van der Waals surface area contributed by atoms with Crippen LogP contribution in [-0.4, -0.2) is 97.6 Å². The molecule has 132 valence electrons. The number of nitrogens with zero attached hydrogens (tertiary/aromatic N) is 2. The van der Waals surface area contributed by atoms with Gasteiger partial charge in [0.15, 0.2) is 0 Å². The zero-order valence-electron chi connectivity index (χ0n) is 13.4. The summed E-state index contributed by atoms with van der Waals surface area (Å²) in [6, 6.07) is 0. The van der Waals surface area contributed by atoms with Gasteiger partial charge in [0.2, 0.25) is 0 Å². The Kier molecular flexibility index (Phi) is 6.76. The highest BCUT2D eigenvalue weighted by molar-refractivity contribution is 5.70. The highest BCUT2D eigenvalue weighted by Crippen LogP contribution is 2.18. The lowest BCUT2D eigenvalue weighted by molar-refractivity contribution is -0.159. The summed E-state index contributed by atoms with van der Waals surface area (Å²) in [4.78, 5) is 27.5. The zero-order chi connectivity index (χ0) is 16.7. The van der Waals surface area contributed by atoms with Gasteiger partial charge in [-0.3, -0.25) is 9.59 Å². The standard InChI is InChI=1S/C15H26N2O6/c18-9-15(10-19,11-22-13(20)1-3-16-5-6-16)12-23-14(21)2-4-17-7-8-17/h18-19H,1-12H2. The second kappa shape index (κ2) is 8.58. The minimum atomic E-state index is -1.15. The van der Waals surface area contributed by atoms with E-state index in [4.69, 9.17) is 9.47 Å². The Morgan fingerprint density at radius 3 is 1.52 bits per heavy atom. The Balaban J connectivity index is 1.67. The van der Waals surface area contributed by atoms with Crippen LogP contribution < -0.4 is 0 Å². The number of carbonyl (C=O) groups is 2. The lowest BCUT2D eigenvalue weighted by atomic mass is 9.92. The van der Waals surface area contributed by atoms with Gasteiger partial charge in [0.25, 0.3) is 0 Å². The normalized spacial score (nSPS) is 17.8. The summed E-state index contributed by atoms with van der Waals surface area (Å²) in [6.45, 7) is 4.18. The van der Waals surface area contributed by atoms with E-state index in [-0.39, 0.29) is 38.0 Å². The van der Waals surface area contributed by atoms with Crippen molar-refractivity contribution in [2.45, 2.75) is 12.8 Å². The fourth-order valence-electron chi connectivity index (χ4n) is 1.97. The molecule has 2 heterocycles. The van der Waals surface area contributed by atoms with Crippen LogP contribution in [0.15, 0.2) is 0 Å². The summed E-state index contributed by atoms with van der Waals surface area (Å²) in [5, 5.41) is 19.0. The van der Waals surface area contributed by atoms with Gasteiger partial charge in [-0.25, -0.2) is 0 Å². The van der Waals surface area contributed by atoms with Gasteiger partial charge in [0.1, 0.15) is 13.2 Å². The summed E-state index contributed by atoms with van der Waals surface area (Å²) < 4.78 is 10.2. The van der Waals surface area contributed by atoms with Crippen LogP contribution in [0.2, 0.25) is 0 Å². The quantitative estimate of drug-likeness (QED) is 0.328. The molecule has 8 nitrogen and oxygen atoms in total. The monoisotopic (exact) mass is 330 g/mol. The number of carbonyl (C=O) groups excluding carboxylic acids is 2. The lowest BCUT2D eigenvalue weighted by Crippen LogP contribution is -2.41. The van der Waals surface area contributed by atoms with Crippen molar-refractivity contribution in [1.29, 1.82) is 0 Å². The molecule has 8 heteroatoms.